The standard InChI is InChI=1S/C11H18N4O2S/c1-14-4-6-15(7-5-14)10-3-2-9(12)8-11(10)18(13,16)17/h2-3,8H,4-7,12H2,1H3,(H2,13,16,17). The number of hydrogen-bond donors (Lipinski definition) is 2. The molecule has 0 spiro atoms. The van der Waals surface area contributed by atoms with Crippen LogP contribution in [0.15, 0.2) is 23.1 Å². The van der Waals surface area contributed by atoms with Crippen LogP contribution < -0.4 is 15.8 Å². The molecule has 0 aromatic heterocycles. The van der Waals surface area contributed by atoms with Crippen LogP contribution in [0.5, 0.6) is 0 Å². The summed E-state index contributed by atoms with van der Waals surface area (Å²) in [6, 6.07) is 4.84. The quantitative estimate of drug-likeness (QED) is 0.718. The highest BCUT2D eigenvalue weighted by Gasteiger charge is 2.21. The van der Waals surface area contributed by atoms with Crippen LogP contribution in [0.1, 0.15) is 0 Å². The van der Waals surface area contributed by atoms with Crippen LogP contribution in [-0.2, 0) is 10.0 Å². The highest BCUT2D eigenvalue weighted by molar-refractivity contribution is 7.89. The number of rotatable bonds is 2. The maximum Gasteiger partial charge on any atom is 0.240 e. The molecule has 1 aromatic carbocycles. The average molecular weight is 270 g/mol. The summed E-state index contributed by atoms with van der Waals surface area (Å²) < 4.78 is 23.2. The summed E-state index contributed by atoms with van der Waals surface area (Å²) in [5.41, 5.74) is 6.67. The number of nitrogen functional groups attached to an aromatic ring is 1. The Kier molecular flexibility index (Phi) is 3.47. The molecular formula is C11H18N4O2S. The summed E-state index contributed by atoms with van der Waals surface area (Å²) in [7, 11) is -1.71. The van der Waals surface area contributed by atoms with Crippen LogP contribution in [0.4, 0.5) is 11.4 Å². The minimum absolute atomic E-state index is 0.104. The van der Waals surface area contributed by atoms with Gasteiger partial charge in [-0.05, 0) is 25.2 Å². The summed E-state index contributed by atoms with van der Waals surface area (Å²) in [6.45, 7) is 3.36. The summed E-state index contributed by atoms with van der Waals surface area (Å²) in [6.07, 6.45) is 0. The van der Waals surface area contributed by atoms with Crippen molar-refractivity contribution in [2.75, 3.05) is 43.9 Å². The zero-order chi connectivity index (χ0) is 13.3. The lowest BCUT2D eigenvalue weighted by atomic mass is 10.2. The van der Waals surface area contributed by atoms with Crippen molar-refractivity contribution in [1.82, 2.24) is 4.90 Å². The lowest BCUT2D eigenvalue weighted by Crippen LogP contribution is -2.45. The van der Waals surface area contributed by atoms with E-state index in [-0.39, 0.29) is 4.90 Å². The largest absolute Gasteiger partial charge is 0.399 e. The van der Waals surface area contributed by atoms with E-state index >= 15 is 0 Å². The van der Waals surface area contributed by atoms with E-state index in [9.17, 15) is 8.42 Å². The molecule has 4 N–H and O–H groups in total. The monoisotopic (exact) mass is 270 g/mol. The number of nitrogens with two attached hydrogens (primary N) is 2. The number of likely N-dealkylation sites (N-methyl/N-ethyl adjacent to an activating group) is 1. The van der Waals surface area contributed by atoms with Crippen LogP contribution in [0.25, 0.3) is 0 Å². The lowest BCUT2D eigenvalue weighted by molar-refractivity contribution is 0.312. The second-order valence-electron chi connectivity index (χ2n) is 4.56. The molecule has 0 aliphatic carbocycles. The van der Waals surface area contributed by atoms with Gasteiger partial charge in [0.1, 0.15) is 4.90 Å². The van der Waals surface area contributed by atoms with E-state index in [2.05, 4.69) is 4.90 Å². The minimum Gasteiger partial charge on any atom is -0.399 e. The number of primary sulfonamides is 1. The molecule has 18 heavy (non-hydrogen) atoms. The molecule has 1 heterocycles. The van der Waals surface area contributed by atoms with E-state index in [4.69, 9.17) is 10.9 Å². The third-order valence-corrected chi connectivity index (χ3v) is 4.07. The average Bonchev–Trinajstić information content (AvgIpc) is 2.29. The summed E-state index contributed by atoms with van der Waals surface area (Å²) >= 11 is 0. The van der Waals surface area contributed by atoms with Gasteiger partial charge < -0.3 is 15.5 Å². The highest BCUT2D eigenvalue weighted by Crippen LogP contribution is 2.27. The van der Waals surface area contributed by atoms with Crippen LogP contribution in [0, 0.1) is 0 Å². The van der Waals surface area contributed by atoms with Gasteiger partial charge in [0.05, 0.1) is 5.69 Å². The molecule has 1 saturated heterocycles. The zero-order valence-corrected chi connectivity index (χ0v) is 11.2. The summed E-state index contributed by atoms with van der Waals surface area (Å²) in [5, 5.41) is 5.24. The van der Waals surface area contributed by atoms with Crippen molar-refractivity contribution in [1.29, 1.82) is 0 Å². The Labute approximate surface area is 107 Å². The Balaban J connectivity index is 2.39. The first-order valence-electron chi connectivity index (χ1n) is 5.74. The number of hydrogen-bond acceptors (Lipinski definition) is 5. The first-order valence-corrected chi connectivity index (χ1v) is 7.28. The predicted molar refractivity (Wildman–Crippen MR) is 71.9 cm³/mol. The Morgan fingerprint density at radius 3 is 2.33 bits per heavy atom. The fraction of sp³-hybridized carbons (Fsp3) is 0.455. The number of benzene rings is 1. The molecule has 1 fully saturated rings. The second kappa shape index (κ2) is 4.75. The topological polar surface area (TPSA) is 92.7 Å². The van der Waals surface area contributed by atoms with E-state index < -0.39 is 10.0 Å². The Morgan fingerprint density at radius 1 is 1.17 bits per heavy atom. The molecule has 0 unspecified atom stereocenters. The van der Waals surface area contributed by atoms with Crippen molar-refractivity contribution in [3.8, 4) is 0 Å². The molecule has 1 aliphatic heterocycles. The van der Waals surface area contributed by atoms with Gasteiger partial charge >= 0.3 is 0 Å². The third kappa shape index (κ3) is 2.74. The SMILES string of the molecule is CN1CCN(c2ccc(N)cc2S(N)(=O)=O)CC1. The first kappa shape index (κ1) is 13.1. The molecule has 0 saturated carbocycles. The molecule has 6 nitrogen and oxygen atoms in total. The highest BCUT2D eigenvalue weighted by atomic mass is 32.2. The second-order valence-corrected chi connectivity index (χ2v) is 6.09. The molecular weight excluding hydrogens is 252 g/mol. The summed E-state index contributed by atoms with van der Waals surface area (Å²) in [5.74, 6) is 0. The Morgan fingerprint density at radius 2 is 1.78 bits per heavy atom. The zero-order valence-electron chi connectivity index (χ0n) is 10.3. The maximum atomic E-state index is 11.6. The van der Waals surface area contributed by atoms with Crippen molar-refractivity contribution >= 4 is 21.4 Å². The van der Waals surface area contributed by atoms with Crippen molar-refractivity contribution in [2.24, 2.45) is 5.14 Å². The maximum absolute atomic E-state index is 11.6. The fourth-order valence-corrected chi connectivity index (χ4v) is 2.86. The van der Waals surface area contributed by atoms with Gasteiger partial charge in [0.25, 0.3) is 0 Å². The van der Waals surface area contributed by atoms with Crippen molar-refractivity contribution in [3.05, 3.63) is 18.2 Å². The number of nitrogens with zero attached hydrogens (tertiary/aromatic N) is 2. The fourth-order valence-electron chi connectivity index (χ4n) is 2.07. The van der Waals surface area contributed by atoms with Gasteiger partial charge in [-0.2, -0.15) is 0 Å². The molecule has 0 radical (unpaired) electrons. The van der Waals surface area contributed by atoms with Gasteiger partial charge in [-0.25, -0.2) is 13.6 Å². The Hall–Kier alpha value is -1.31. The number of piperazine rings is 1. The predicted octanol–water partition coefficient (Wildman–Crippen LogP) is -0.332. The van der Waals surface area contributed by atoms with Gasteiger partial charge in [-0.1, -0.05) is 0 Å². The van der Waals surface area contributed by atoms with Crippen LogP contribution in [-0.4, -0.2) is 46.5 Å². The van der Waals surface area contributed by atoms with Gasteiger partial charge in [0.2, 0.25) is 10.0 Å². The molecule has 100 valence electrons. The Bertz CT molecular complexity index is 536. The van der Waals surface area contributed by atoms with Gasteiger partial charge in [-0.15, -0.1) is 0 Å². The van der Waals surface area contributed by atoms with Crippen molar-refractivity contribution < 1.29 is 8.42 Å². The number of anilines is 2. The number of sulfonamides is 1. The van der Waals surface area contributed by atoms with Crippen molar-refractivity contribution in [3.63, 3.8) is 0 Å². The smallest absolute Gasteiger partial charge is 0.240 e. The molecule has 0 bridgehead atoms. The van der Waals surface area contributed by atoms with Crippen LogP contribution in [0.3, 0.4) is 0 Å². The molecule has 7 heteroatoms. The minimum atomic E-state index is -3.75. The van der Waals surface area contributed by atoms with Crippen molar-refractivity contribution in [2.45, 2.75) is 4.90 Å². The first-order chi connectivity index (χ1) is 8.38. The normalized spacial score (nSPS) is 18.0. The van der Waals surface area contributed by atoms with Crippen LogP contribution in [0.2, 0.25) is 0 Å². The molecule has 0 amide bonds. The van der Waals surface area contributed by atoms with E-state index in [1.165, 1.54) is 6.07 Å². The third-order valence-electron chi connectivity index (χ3n) is 3.13. The van der Waals surface area contributed by atoms with E-state index in [0.29, 0.717) is 11.4 Å². The van der Waals surface area contributed by atoms with E-state index in [1.807, 2.05) is 11.9 Å². The molecule has 0 atom stereocenters. The van der Waals surface area contributed by atoms with Crippen LogP contribution >= 0.6 is 0 Å². The van der Waals surface area contributed by atoms with Gasteiger partial charge in [-0.3, -0.25) is 0 Å². The molecule has 2 rings (SSSR count). The molecule has 1 aromatic rings. The van der Waals surface area contributed by atoms with Gasteiger partial charge in [0, 0.05) is 31.9 Å². The van der Waals surface area contributed by atoms with Gasteiger partial charge in [0.15, 0.2) is 0 Å². The molecule has 1 aliphatic rings. The lowest BCUT2D eigenvalue weighted by Gasteiger charge is -2.34. The van der Waals surface area contributed by atoms with E-state index in [0.717, 1.165) is 26.2 Å². The summed E-state index contributed by atoms with van der Waals surface area (Å²) in [4.78, 5) is 4.33. The van der Waals surface area contributed by atoms with E-state index in [1.54, 1.807) is 12.1 Å².